The average molecular weight is 519 g/mol. The number of ether oxygens (including phenoxy) is 1. The molecule has 0 aliphatic carbocycles. The normalized spacial score (nSPS) is 15.6. The molecule has 0 spiro atoms. The summed E-state index contributed by atoms with van der Waals surface area (Å²) in [5.41, 5.74) is -0.00593. The van der Waals surface area contributed by atoms with Gasteiger partial charge >= 0.3 is 12.0 Å². The summed E-state index contributed by atoms with van der Waals surface area (Å²) in [6.07, 6.45) is 6.17. The van der Waals surface area contributed by atoms with Crippen molar-refractivity contribution in [3.05, 3.63) is 83.4 Å². The van der Waals surface area contributed by atoms with Crippen LogP contribution in [0.1, 0.15) is 63.3 Å². The van der Waals surface area contributed by atoms with E-state index in [9.17, 15) is 14.3 Å². The number of hydrogen-bond donors (Lipinski definition) is 2. The van der Waals surface area contributed by atoms with Gasteiger partial charge in [-0.05, 0) is 66.1 Å². The Bertz CT molecular complexity index is 1270. The van der Waals surface area contributed by atoms with Crippen LogP contribution in [0.15, 0.2) is 65.8 Å². The Morgan fingerprint density at radius 3 is 2.39 bits per heavy atom. The minimum Gasteiger partial charge on any atom is -0.481 e. The first-order valence-electron chi connectivity index (χ1n) is 13.0. The van der Waals surface area contributed by atoms with E-state index in [1.807, 2.05) is 45.0 Å². The molecule has 2 N–H and O–H groups in total. The first-order chi connectivity index (χ1) is 18.2. The highest BCUT2D eigenvalue weighted by molar-refractivity contribution is 5.83. The van der Waals surface area contributed by atoms with Crippen molar-refractivity contribution in [3.63, 3.8) is 0 Å². The topological polar surface area (TPSA) is 96.7 Å². The number of carbonyl (C=O) groups is 1. The van der Waals surface area contributed by atoms with Crippen LogP contribution in [0.5, 0.6) is 11.8 Å². The molecule has 3 aromatic rings. The Labute approximate surface area is 223 Å². The van der Waals surface area contributed by atoms with Crippen LogP contribution in [0.3, 0.4) is 0 Å². The van der Waals surface area contributed by atoms with Gasteiger partial charge in [0.2, 0.25) is 0 Å². The van der Waals surface area contributed by atoms with E-state index in [1.54, 1.807) is 18.2 Å². The molecular formula is C30H35FN4O3. The fourth-order valence-corrected chi connectivity index (χ4v) is 4.79. The van der Waals surface area contributed by atoms with Crippen molar-refractivity contribution in [1.29, 1.82) is 0 Å². The molecule has 0 saturated carbocycles. The quantitative estimate of drug-likeness (QED) is 0.375. The number of rotatable bonds is 8. The molecule has 7 nitrogen and oxygen atoms in total. The van der Waals surface area contributed by atoms with Crippen molar-refractivity contribution < 1.29 is 19.0 Å². The third-order valence-electron chi connectivity index (χ3n) is 7.10. The molecule has 1 aliphatic heterocycles. The zero-order valence-electron chi connectivity index (χ0n) is 22.2. The Kier molecular flexibility index (Phi) is 8.39. The number of amidine groups is 1. The summed E-state index contributed by atoms with van der Waals surface area (Å²) in [5.74, 6) is 0.222. The minimum atomic E-state index is -1.40. The molecule has 2 aromatic carbocycles. The van der Waals surface area contributed by atoms with Crippen LogP contribution in [0.2, 0.25) is 0 Å². The van der Waals surface area contributed by atoms with Crippen LogP contribution in [0.25, 0.3) is 0 Å². The number of hydrogen-bond acceptors (Lipinski definition) is 6. The first-order valence-corrected chi connectivity index (χ1v) is 13.0. The van der Waals surface area contributed by atoms with E-state index in [4.69, 9.17) is 4.74 Å². The molecular weight excluding hydrogens is 483 g/mol. The smallest absolute Gasteiger partial charge is 0.322 e. The molecule has 200 valence electrons. The molecule has 1 unspecified atom stereocenters. The molecule has 1 atom stereocenters. The highest BCUT2D eigenvalue weighted by atomic mass is 19.1. The number of aliphatic carboxylic acids is 1. The predicted molar refractivity (Wildman–Crippen MR) is 145 cm³/mol. The van der Waals surface area contributed by atoms with Crippen molar-refractivity contribution in [3.8, 4) is 11.8 Å². The molecule has 0 fully saturated rings. The lowest BCUT2D eigenvalue weighted by Gasteiger charge is -2.41. The highest BCUT2D eigenvalue weighted by Crippen LogP contribution is 2.44. The second-order valence-corrected chi connectivity index (χ2v) is 10.7. The van der Waals surface area contributed by atoms with Crippen LogP contribution >= 0.6 is 0 Å². The van der Waals surface area contributed by atoms with E-state index in [-0.39, 0.29) is 18.2 Å². The van der Waals surface area contributed by atoms with Crippen LogP contribution in [0.4, 0.5) is 4.39 Å². The maximum absolute atomic E-state index is 13.5. The maximum atomic E-state index is 13.5. The monoisotopic (exact) mass is 518 g/mol. The van der Waals surface area contributed by atoms with Gasteiger partial charge in [0.05, 0.1) is 11.5 Å². The van der Waals surface area contributed by atoms with E-state index in [0.717, 1.165) is 30.8 Å². The van der Waals surface area contributed by atoms with E-state index in [0.29, 0.717) is 23.6 Å². The fraction of sp³-hybridized carbons (Fsp3) is 0.400. The largest absolute Gasteiger partial charge is 0.481 e. The van der Waals surface area contributed by atoms with Crippen LogP contribution in [-0.4, -0.2) is 33.4 Å². The van der Waals surface area contributed by atoms with Gasteiger partial charge in [0.1, 0.15) is 17.0 Å². The fourth-order valence-electron chi connectivity index (χ4n) is 4.79. The van der Waals surface area contributed by atoms with Gasteiger partial charge in [-0.2, -0.15) is 4.98 Å². The van der Waals surface area contributed by atoms with Gasteiger partial charge in [-0.15, -0.1) is 0 Å². The molecule has 0 radical (unpaired) electrons. The van der Waals surface area contributed by atoms with Crippen LogP contribution in [-0.2, 0) is 23.2 Å². The summed E-state index contributed by atoms with van der Waals surface area (Å²) < 4.78 is 19.4. The number of aromatic nitrogens is 2. The molecule has 0 amide bonds. The second-order valence-electron chi connectivity index (χ2n) is 10.7. The van der Waals surface area contributed by atoms with Crippen molar-refractivity contribution in [1.82, 2.24) is 15.3 Å². The molecule has 1 aliphatic rings. The van der Waals surface area contributed by atoms with Crippen molar-refractivity contribution in [2.45, 2.75) is 64.8 Å². The van der Waals surface area contributed by atoms with E-state index < -0.39 is 16.8 Å². The summed E-state index contributed by atoms with van der Waals surface area (Å²) in [6.45, 7) is 7.15. The minimum absolute atomic E-state index is 0.0650. The summed E-state index contributed by atoms with van der Waals surface area (Å²) in [6, 6.07) is 15.2. The van der Waals surface area contributed by atoms with Gasteiger partial charge in [-0.25, -0.2) is 9.37 Å². The molecule has 38 heavy (non-hydrogen) atoms. The van der Waals surface area contributed by atoms with Gasteiger partial charge in [0.15, 0.2) is 0 Å². The van der Waals surface area contributed by atoms with Gasteiger partial charge < -0.3 is 15.2 Å². The third-order valence-corrected chi connectivity index (χ3v) is 7.10. The van der Waals surface area contributed by atoms with Crippen molar-refractivity contribution >= 4 is 11.8 Å². The van der Waals surface area contributed by atoms with Crippen molar-refractivity contribution in [2.75, 3.05) is 6.54 Å². The number of nitrogens with one attached hydrogen (secondary N) is 1. The third kappa shape index (κ3) is 6.36. The molecule has 8 heteroatoms. The Hall–Kier alpha value is -3.81. The van der Waals surface area contributed by atoms with E-state index >= 15 is 0 Å². The Balaban J connectivity index is 1.53. The maximum Gasteiger partial charge on any atom is 0.322 e. The first kappa shape index (κ1) is 27.2. The standard InChI is InChI=1S/C30H35FN4O3/c1-29(2,3)30(27(36)37,19-21-8-12-23(31)13-9-21)25-16-18-33-28(35-25)38-24-14-10-22(11-15-24)20-34-26-7-5-4-6-17-32-26/h8-16,18H,4-7,17,19-20H2,1-3H3,(H,32,34)(H,36,37). The number of benzene rings is 2. The molecule has 0 saturated heterocycles. The number of halogens is 1. The summed E-state index contributed by atoms with van der Waals surface area (Å²) >= 11 is 0. The number of carboxylic acid groups (broad SMARTS) is 1. The number of aliphatic imine (C=N–C) groups is 1. The number of carboxylic acids is 1. The lowest BCUT2D eigenvalue weighted by Crippen LogP contribution is -2.49. The van der Waals surface area contributed by atoms with E-state index in [2.05, 4.69) is 20.3 Å². The Morgan fingerprint density at radius 1 is 1.00 bits per heavy atom. The lowest BCUT2D eigenvalue weighted by molar-refractivity contribution is -0.149. The zero-order valence-corrected chi connectivity index (χ0v) is 22.2. The van der Waals surface area contributed by atoms with Gasteiger partial charge in [0.25, 0.3) is 0 Å². The van der Waals surface area contributed by atoms with Gasteiger partial charge in [-0.1, -0.05) is 51.5 Å². The van der Waals surface area contributed by atoms with Gasteiger partial charge in [0, 0.05) is 25.7 Å². The molecule has 0 bridgehead atoms. The van der Waals surface area contributed by atoms with Crippen molar-refractivity contribution in [2.24, 2.45) is 10.4 Å². The van der Waals surface area contributed by atoms with Crippen LogP contribution < -0.4 is 10.1 Å². The van der Waals surface area contributed by atoms with Gasteiger partial charge in [-0.3, -0.25) is 9.79 Å². The average Bonchev–Trinajstić information content (AvgIpc) is 3.16. The SMILES string of the molecule is CC(C)(C)C(Cc1ccc(F)cc1)(C(=O)O)c1ccnc(Oc2ccc(CNC3=NCCCCC3)cc2)n1. The Morgan fingerprint density at radius 2 is 1.71 bits per heavy atom. The molecule has 2 heterocycles. The zero-order chi connectivity index (χ0) is 27.2. The second kappa shape index (κ2) is 11.7. The lowest BCUT2D eigenvalue weighted by atomic mass is 9.61. The summed E-state index contributed by atoms with van der Waals surface area (Å²) in [5, 5.41) is 13.9. The summed E-state index contributed by atoms with van der Waals surface area (Å²) in [7, 11) is 0. The molecule has 1 aromatic heterocycles. The summed E-state index contributed by atoms with van der Waals surface area (Å²) in [4.78, 5) is 26.2. The van der Waals surface area contributed by atoms with E-state index in [1.165, 1.54) is 31.2 Å². The van der Waals surface area contributed by atoms with Crippen LogP contribution in [0, 0.1) is 11.2 Å². The predicted octanol–water partition coefficient (Wildman–Crippen LogP) is 6.08. The highest BCUT2D eigenvalue weighted by Gasteiger charge is 2.51. The molecule has 4 rings (SSSR count). The number of nitrogens with zero attached hydrogens (tertiary/aromatic N) is 3.